The van der Waals surface area contributed by atoms with Gasteiger partial charge in [0, 0.05) is 67.3 Å². The summed E-state index contributed by atoms with van der Waals surface area (Å²) in [5.74, 6) is 1.31. The lowest BCUT2D eigenvalue weighted by atomic mass is 10.0. The van der Waals surface area contributed by atoms with Gasteiger partial charge in [0.15, 0.2) is 0 Å². The molecule has 3 aromatic rings. The highest BCUT2D eigenvalue weighted by Gasteiger charge is 2.38. The van der Waals surface area contributed by atoms with Crippen molar-refractivity contribution in [1.82, 2.24) is 24.2 Å². The summed E-state index contributed by atoms with van der Waals surface area (Å²) >= 11 is 1.22. The number of aromatic amines is 1. The monoisotopic (exact) mass is 448 g/mol. The number of nitrogens with zero attached hydrogens (tertiary/aromatic N) is 6. The molecule has 0 aromatic carbocycles. The lowest BCUT2D eigenvalue weighted by molar-refractivity contribution is 0.220. The van der Waals surface area contributed by atoms with Crippen LogP contribution in [0.4, 0.5) is 15.6 Å². The maximum atomic E-state index is 12.7. The Morgan fingerprint density at radius 1 is 1.47 bits per heavy atom. The number of likely N-dealkylation sites (tertiary alicyclic amines) is 1. The van der Waals surface area contributed by atoms with Crippen LogP contribution in [0.15, 0.2) is 30.1 Å². The molecule has 2 aliphatic rings. The zero-order chi connectivity index (χ0) is 22.4. The van der Waals surface area contributed by atoms with Gasteiger partial charge in [0.05, 0.1) is 11.3 Å². The number of urea groups is 1. The Morgan fingerprint density at radius 2 is 2.31 bits per heavy atom. The number of amides is 2. The fraction of sp³-hybridized carbons (Fsp3) is 0.409. The minimum atomic E-state index is -0.133. The second-order valence-electron chi connectivity index (χ2n) is 8.65. The number of pyridine rings is 1. The first-order chi connectivity index (χ1) is 15.4. The van der Waals surface area contributed by atoms with E-state index in [0.29, 0.717) is 29.7 Å². The molecule has 0 radical (unpaired) electrons. The summed E-state index contributed by atoms with van der Waals surface area (Å²) in [4.78, 5) is 28.6. The van der Waals surface area contributed by atoms with Gasteiger partial charge in [-0.1, -0.05) is 19.9 Å². The SMILES string of the molecule is CC(C)c1nsc(NC(=O)N2CC3=CC(N(C)c4c(C#N)cnc5[nH]ccc45)CC3C2)n1. The van der Waals surface area contributed by atoms with Crippen LogP contribution in [-0.2, 0) is 0 Å². The first-order valence-corrected chi connectivity index (χ1v) is 11.4. The molecular weight excluding hydrogens is 424 g/mol. The first-order valence-electron chi connectivity index (χ1n) is 10.6. The van der Waals surface area contributed by atoms with Crippen molar-refractivity contribution in [2.75, 3.05) is 30.4 Å². The van der Waals surface area contributed by atoms with Gasteiger partial charge in [-0.3, -0.25) is 5.32 Å². The van der Waals surface area contributed by atoms with E-state index < -0.39 is 0 Å². The normalized spacial score (nSPS) is 19.8. The Hall–Kier alpha value is -3.45. The largest absolute Gasteiger partial charge is 0.366 e. The molecule has 164 valence electrons. The van der Waals surface area contributed by atoms with E-state index in [9.17, 15) is 10.1 Å². The highest BCUT2D eigenvalue weighted by atomic mass is 32.1. The number of H-pyrrole nitrogens is 1. The molecular formula is C22H24N8OS. The molecule has 3 aromatic heterocycles. The molecule has 9 nitrogen and oxygen atoms in total. The number of nitrogens with one attached hydrogen (secondary N) is 2. The predicted molar refractivity (Wildman–Crippen MR) is 124 cm³/mol. The topological polar surface area (TPSA) is 114 Å². The van der Waals surface area contributed by atoms with Gasteiger partial charge in [0.2, 0.25) is 5.13 Å². The number of nitriles is 1. The highest BCUT2D eigenvalue weighted by Crippen LogP contribution is 2.38. The van der Waals surface area contributed by atoms with Crippen LogP contribution in [0.1, 0.15) is 37.6 Å². The lowest BCUT2D eigenvalue weighted by Crippen LogP contribution is -2.35. The molecule has 32 heavy (non-hydrogen) atoms. The highest BCUT2D eigenvalue weighted by molar-refractivity contribution is 7.09. The average molecular weight is 449 g/mol. The Morgan fingerprint density at radius 3 is 3.03 bits per heavy atom. The van der Waals surface area contributed by atoms with Gasteiger partial charge in [-0.15, -0.1) is 0 Å². The number of carbonyl (C=O) groups excluding carboxylic acids is 1. The summed E-state index contributed by atoms with van der Waals surface area (Å²) in [6.07, 6.45) is 6.62. The van der Waals surface area contributed by atoms with Gasteiger partial charge in [-0.2, -0.15) is 9.64 Å². The number of rotatable bonds is 4. The predicted octanol–water partition coefficient (Wildman–Crippen LogP) is 3.71. The van der Waals surface area contributed by atoms with E-state index in [1.165, 1.54) is 17.1 Å². The van der Waals surface area contributed by atoms with E-state index >= 15 is 0 Å². The Kier molecular flexibility index (Phi) is 5.06. The lowest BCUT2D eigenvalue weighted by Gasteiger charge is -2.28. The molecule has 1 saturated heterocycles. The number of hydrogen-bond donors (Lipinski definition) is 2. The number of hydrogen-bond acceptors (Lipinski definition) is 7. The Bertz CT molecular complexity index is 1250. The third kappa shape index (κ3) is 3.48. The van der Waals surface area contributed by atoms with E-state index in [1.807, 2.05) is 38.1 Å². The molecule has 2 unspecified atom stereocenters. The van der Waals surface area contributed by atoms with Crippen LogP contribution < -0.4 is 10.2 Å². The molecule has 1 aliphatic heterocycles. The summed E-state index contributed by atoms with van der Waals surface area (Å²) in [6.45, 7) is 5.35. The number of fused-ring (bicyclic) bond motifs is 2. The number of carbonyl (C=O) groups is 1. The fourth-order valence-corrected chi connectivity index (χ4v) is 5.25. The summed E-state index contributed by atoms with van der Waals surface area (Å²) in [5, 5.41) is 14.0. The molecule has 0 bridgehead atoms. The third-order valence-electron chi connectivity index (χ3n) is 6.26. The van der Waals surface area contributed by atoms with Crippen molar-refractivity contribution in [1.29, 1.82) is 5.26 Å². The van der Waals surface area contributed by atoms with Gasteiger partial charge in [0.1, 0.15) is 17.5 Å². The minimum absolute atomic E-state index is 0.133. The van der Waals surface area contributed by atoms with E-state index in [0.717, 1.165) is 29.0 Å². The molecule has 5 rings (SSSR count). The van der Waals surface area contributed by atoms with Gasteiger partial charge in [-0.25, -0.2) is 14.8 Å². The van der Waals surface area contributed by atoms with E-state index in [-0.39, 0.29) is 18.0 Å². The van der Waals surface area contributed by atoms with E-state index in [2.05, 4.69) is 41.7 Å². The van der Waals surface area contributed by atoms with Gasteiger partial charge in [-0.05, 0) is 18.1 Å². The summed E-state index contributed by atoms with van der Waals surface area (Å²) < 4.78 is 4.29. The van der Waals surface area contributed by atoms with Crippen LogP contribution in [0.5, 0.6) is 0 Å². The van der Waals surface area contributed by atoms with E-state index in [1.54, 1.807) is 6.20 Å². The quantitative estimate of drug-likeness (QED) is 0.588. The van der Waals surface area contributed by atoms with Crippen molar-refractivity contribution in [3.8, 4) is 6.07 Å². The molecule has 0 spiro atoms. The Balaban J connectivity index is 1.29. The Labute approximate surface area is 189 Å². The molecule has 2 atom stereocenters. The summed E-state index contributed by atoms with van der Waals surface area (Å²) in [7, 11) is 2.03. The zero-order valence-corrected chi connectivity index (χ0v) is 19.0. The summed E-state index contributed by atoms with van der Waals surface area (Å²) in [5.41, 5.74) is 3.51. The standard InChI is InChI=1S/C22H24N8OS/c1-12(2)19-26-21(32-28-19)27-22(31)30-10-13-6-16(7-14(13)11-30)29(3)18-15(8-23)9-25-20-17(18)4-5-24-20/h4-6,9,12,14,16H,7,10-11H2,1-3H3,(H,24,25)(H,26,27,28,31). The van der Waals surface area contributed by atoms with Crippen molar-refractivity contribution >= 4 is 39.4 Å². The van der Waals surface area contributed by atoms with Crippen molar-refractivity contribution in [3.63, 3.8) is 0 Å². The fourth-order valence-electron chi connectivity index (χ4n) is 4.56. The zero-order valence-electron chi connectivity index (χ0n) is 18.2. The molecule has 4 heterocycles. The van der Waals surface area contributed by atoms with Crippen LogP contribution in [0, 0.1) is 17.2 Å². The van der Waals surface area contributed by atoms with Gasteiger partial charge in [0.25, 0.3) is 0 Å². The second-order valence-corrected chi connectivity index (χ2v) is 9.40. The van der Waals surface area contributed by atoms with Gasteiger partial charge < -0.3 is 14.8 Å². The minimum Gasteiger partial charge on any atom is -0.366 e. The number of likely N-dealkylation sites (N-methyl/N-ethyl adjacent to an activating group) is 1. The summed E-state index contributed by atoms with van der Waals surface area (Å²) in [6, 6.07) is 4.27. The average Bonchev–Trinajstić information content (AvgIpc) is 3.54. The van der Waals surface area contributed by atoms with Crippen molar-refractivity contribution in [2.24, 2.45) is 5.92 Å². The van der Waals surface area contributed by atoms with Crippen LogP contribution in [0.3, 0.4) is 0 Å². The van der Waals surface area contributed by atoms with Crippen LogP contribution >= 0.6 is 11.5 Å². The maximum absolute atomic E-state index is 12.7. The maximum Gasteiger partial charge on any atom is 0.323 e. The molecule has 2 N–H and O–H groups in total. The molecule has 0 saturated carbocycles. The van der Waals surface area contributed by atoms with Crippen molar-refractivity contribution < 1.29 is 4.79 Å². The molecule has 10 heteroatoms. The second kappa shape index (κ2) is 7.91. The number of anilines is 2. The number of aromatic nitrogens is 4. The molecule has 1 fully saturated rings. The van der Waals surface area contributed by atoms with Crippen LogP contribution in [0.25, 0.3) is 11.0 Å². The molecule has 1 aliphatic carbocycles. The van der Waals surface area contributed by atoms with Crippen molar-refractivity contribution in [3.05, 3.63) is 41.5 Å². The first kappa shape index (κ1) is 20.5. The van der Waals surface area contributed by atoms with Gasteiger partial charge >= 0.3 is 6.03 Å². The van der Waals surface area contributed by atoms with Crippen molar-refractivity contribution in [2.45, 2.75) is 32.2 Å². The van der Waals surface area contributed by atoms with Crippen LogP contribution in [0.2, 0.25) is 0 Å². The smallest absolute Gasteiger partial charge is 0.323 e. The van der Waals surface area contributed by atoms with E-state index in [4.69, 9.17) is 0 Å². The van der Waals surface area contributed by atoms with Crippen LogP contribution in [-0.4, -0.2) is 56.4 Å². The molecule has 2 amide bonds. The third-order valence-corrected chi connectivity index (χ3v) is 6.90.